The predicted molar refractivity (Wildman–Crippen MR) is 59.1 cm³/mol. The summed E-state index contributed by atoms with van der Waals surface area (Å²) in [7, 11) is 0. The maximum atomic E-state index is 5.36. The van der Waals surface area contributed by atoms with Crippen LogP contribution in [-0.2, 0) is 11.3 Å². The van der Waals surface area contributed by atoms with E-state index in [1.54, 1.807) is 0 Å². The average molecular weight is 225 g/mol. The van der Waals surface area contributed by atoms with Crippen LogP contribution in [0.2, 0.25) is 0 Å². The van der Waals surface area contributed by atoms with Crippen LogP contribution in [-0.4, -0.2) is 29.8 Å². The third kappa shape index (κ3) is 3.02. The van der Waals surface area contributed by atoms with Gasteiger partial charge in [0, 0.05) is 19.1 Å². The van der Waals surface area contributed by atoms with Crippen LogP contribution in [0.1, 0.15) is 43.8 Å². The van der Waals surface area contributed by atoms with Crippen LogP contribution < -0.4 is 5.32 Å². The molecule has 1 saturated heterocycles. The van der Waals surface area contributed by atoms with Gasteiger partial charge in [-0.1, -0.05) is 12.1 Å². The first-order chi connectivity index (χ1) is 7.90. The van der Waals surface area contributed by atoms with Crippen LogP contribution >= 0.6 is 0 Å². The van der Waals surface area contributed by atoms with E-state index < -0.39 is 0 Å². The molecule has 2 heterocycles. The SMILES string of the molecule is CCCOCc1nc(C2CCCNC2)no1. The molecule has 0 radical (unpaired) electrons. The second kappa shape index (κ2) is 5.96. The van der Waals surface area contributed by atoms with E-state index in [4.69, 9.17) is 9.26 Å². The summed E-state index contributed by atoms with van der Waals surface area (Å²) in [5.41, 5.74) is 0. The first-order valence-electron chi connectivity index (χ1n) is 6.01. The van der Waals surface area contributed by atoms with Crippen molar-refractivity contribution >= 4 is 0 Å². The first kappa shape index (κ1) is 11.5. The molecule has 90 valence electrons. The van der Waals surface area contributed by atoms with E-state index in [1.165, 1.54) is 6.42 Å². The Labute approximate surface area is 95.6 Å². The Morgan fingerprint density at radius 2 is 2.50 bits per heavy atom. The van der Waals surface area contributed by atoms with Gasteiger partial charge in [0.25, 0.3) is 5.89 Å². The highest BCUT2D eigenvalue weighted by atomic mass is 16.5. The van der Waals surface area contributed by atoms with Crippen LogP contribution in [0.25, 0.3) is 0 Å². The van der Waals surface area contributed by atoms with Crippen molar-refractivity contribution < 1.29 is 9.26 Å². The highest BCUT2D eigenvalue weighted by Crippen LogP contribution is 2.20. The number of rotatable bonds is 5. The van der Waals surface area contributed by atoms with Gasteiger partial charge in [-0.25, -0.2) is 0 Å². The van der Waals surface area contributed by atoms with Crippen molar-refractivity contribution in [2.45, 2.75) is 38.7 Å². The minimum atomic E-state index is 0.400. The van der Waals surface area contributed by atoms with Gasteiger partial charge in [-0.2, -0.15) is 4.98 Å². The third-order valence-electron chi connectivity index (χ3n) is 2.72. The Balaban J connectivity index is 1.85. The van der Waals surface area contributed by atoms with Gasteiger partial charge in [0.1, 0.15) is 6.61 Å². The first-order valence-corrected chi connectivity index (χ1v) is 6.01. The number of hydrogen-bond donors (Lipinski definition) is 1. The van der Waals surface area contributed by atoms with Gasteiger partial charge in [-0.05, 0) is 25.8 Å². The van der Waals surface area contributed by atoms with Crippen LogP contribution in [0.4, 0.5) is 0 Å². The minimum absolute atomic E-state index is 0.400. The summed E-state index contributed by atoms with van der Waals surface area (Å²) < 4.78 is 10.5. The van der Waals surface area contributed by atoms with Crippen molar-refractivity contribution in [1.82, 2.24) is 15.5 Å². The van der Waals surface area contributed by atoms with Crippen molar-refractivity contribution in [3.63, 3.8) is 0 Å². The number of aromatic nitrogens is 2. The molecular formula is C11H19N3O2. The van der Waals surface area contributed by atoms with Crippen LogP contribution in [0.15, 0.2) is 4.52 Å². The molecule has 1 aliphatic heterocycles. The highest BCUT2D eigenvalue weighted by Gasteiger charge is 2.20. The van der Waals surface area contributed by atoms with Gasteiger partial charge in [0.2, 0.25) is 0 Å². The van der Waals surface area contributed by atoms with Crippen molar-refractivity contribution in [2.24, 2.45) is 0 Å². The molecule has 1 N–H and O–H groups in total. The van der Waals surface area contributed by atoms with Gasteiger partial charge < -0.3 is 14.6 Å². The number of ether oxygens (including phenoxy) is 1. The van der Waals surface area contributed by atoms with E-state index in [0.29, 0.717) is 18.4 Å². The van der Waals surface area contributed by atoms with Gasteiger partial charge in [0.15, 0.2) is 5.82 Å². The molecule has 0 amide bonds. The van der Waals surface area contributed by atoms with Crippen molar-refractivity contribution in [3.8, 4) is 0 Å². The Kier molecular flexibility index (Phi) is 4.30. The smallest absolute Gasteiger partial charge is 0.252 e. The molecule has 1 atom stereocenters. The summed E-state index contributed by atoms with van der Waals surface area (Å²) in [6.45, 7) is 5.30. The lowest BCUT2D eigenvalue weighted by Crippen LogP contribution is -2.28. The van der Waals surface area contributed by atoms with Crippen LogP contribution in [0.3, 0.4) is 0 Å². The molecule has 0 aromatic carbocycles. The summed E-state index contributed by atoms with van der Waals surface area (Å²) in [5, 5.41) is 7.35. The second-order valence-corrected chi connectivity index (χ2v) is 4.14. The van der Waals surface area contributed by atoms with Gasteiger partial charge in [-0.15, -0.1) is 0 Å². The van der Waals surface area contributed by atoms with Crippen molar-refractivity contribution in [1.29, 1.82) is 0 Å². The summed E-state index contributed by atoms with van der Waals surface area (Å²) in [6, 6.07) is 0. The Morgan fingerprint density at radius 3 is 3.25 bits per heavy atom. The molecule has 1 fully saturated rings. The summed E-state index contributed by atoms with van der Waals surface area (Å²) in [6.07, 6.45) is 3.33. The topological polar surface area (TPSA) is 60.2 Å². The lowest BCUT2D eigenvalue weighted by molar-refractivity contribution is 0.0981. The van der Waals surface area contributed by atoms with E-state index >= 15 is 0 Å². The monoisotopic (exact) mass is 225 g/mol. The predicted octanol–water partition coefficient (Wildman–Crippen LogP) is 1.46. The highest BCUT2D eigenvalue weighted by molar-refractivity contribution is 4.97. The zero-order valence-electron chi connectivity index (χ0n) is 9.74. The summed E-state index contributed by atoms with van der Waals surface area (Å²) in [5.74, 6) is 1.81. The van der Waals surface area contributed by atoms with Gasteiger partial charge in [-0.3, -0.25) is 0 Å². The van der Waals surface area contributed by atoms with Crippen molar-refractivity contribution in [3.05, 3.63) is 11.7 Å². The van der Waals surface area contributed by atoms with E-state index in [0.717, 1.165) is 38.4 Å². The number of nitrogens with one attached hydrogen (secondary N) is 1. The third-order valence-corrected chi connectivity index (χ3v) is 2.72. The van der Waals surface area contributed by atoms with Crippen LogP contribution in [0.5, 0.6) is 0 Å². The molecule has 16 heavy (non-hydrogen) atoms. The minimum Gasteiger partial charge on any atom is -0.372 e. The van der Waals surface area contributed by atoms with E-state index in [9.17, 15) is 0 Å². The Morgan fingerprint density at radius 1 is 1.56 bits per heavy atom. The Bertz CT molecular complexity index is 308. The molecule has 2 rings (SSSR count). The molecule has 0 bridgehead atoms. The number of nitrogens with zero attached hydrogens (tertiary/aromatic N) is 2. The molecule has 0 aliphatic carbocycles. The fourth-order valence-electron chi connectivity index (χ4n) is 1.87. The molecule has 0 spiro atoms. The Hall–Kier alpha value is -0.940. The second-order valence-electron chi connectivity index (χ2n) is 4.14. The average Bonchev–Trinajstić information content (AvgIpc) is 2.79. The molecule has 0 saturated carbocycles. The standard InChI is InChI=1S/C11H19N3O2/c1-2-6-15-8-10-13-11(14-16-10)9-4-3-5-12-7-9/h9,12H,2-8H2,1H3. The summed E-state index contributed by atoms with van der Waals surface area (Å²) in [4.78, 5) is 4.36. The lowest BCUT2D eigenvalue weighted by atomic mass is 9.99. The maximum Gasteiger partial charge on any atom is 0.252 e. The fraction of sp³-hybridized carbons (Fsp3) is 0.818. The quantitative estimate of drug-likeness (QED) is 0.769. The molecule has 1 aromatic rings. The zero-order valence-corrected chi connectivity index (χ0v) is 9.74. The number of hydrogen-bond acceptors (Lipinski definition) is 5. The fourth-order valence-corrected chi connectivity index (χ4v) is 1.87. The van der Waals surface area contributed by atoms with Gasteiger partial charge >= 0.3 is 0 Å². The van der Waals surface area contributed by atoms with E-state index in [-0.39, 0.29) is 0 Å². The van der Waals surface area contributed by atoms with Crippen molar-refractivity contribution in [2.75, 3.05) is 19.7 Å². The lowest BCUT2D eigenvalue weighted by Gasteiger charge is -2.19. The number of piperidine rings is 1. The molecule has 5 heteroatoms. The van der Waals surface area contributed by atoms with Crippen LogP contribution in [0, 0.1) is 0 Å². The van der Waals surface area contributed by atoms with E-state index in [1.807, 2.05) is 0 Å². The summed E-state index contributed by atoms with van der Waals surface area (Å²) >= 11 is 0. The maximum absolute atomic E-state index is 5.36. The molecule has 1 aromatic heterocycles. The molecule has 1 unspecified atom stereocenters. The molecule has 1 aliphatic rings. The normalized spacial score (nSPS) is 21.2. The van der Waals surface area contributed by atoms with Gasteiger partial charge in [0.05, 0.1) is 0 Å². The largest absolute Gasteiger partial charge is 0.372 e. The molecular weight excluding hydrogens is 206 g/mol. The zero-order chi connectivity index (χ0) is 11.2. The van der Waals surface area contributed by atoms with E-state index in [2.05, 4.69) is 22.4 Å². The molecule has 5 nitrogen and oxygen atoms in total.